The Labute approximate surface area is 139 Å². The van der Waals surface area contributed by atoms with Crippen LogP contribution in [0.1, 0.15) is 32.2 Å². The first kappa shape index (κ1) is 17.1. The molecule has 0 amide bonds. The number of imidazole rings is 1. The monoisotopic (exact) mass is 336 g/mol. The minimum atomic E-state index is -1.79. The van der Waals surface area contributed by atoms with Gasteiger partial charge in [-0.1, -0.05) is 20.8 Å². The number of hydrogen-bond acceptors (Lipinski definition) is 2. The molecule has 0 radical (unpaired) electrons. The molecule has 0 N–H and O–H groups in total. The summed E-state index contributed by atoms with van der Waals surface area (Å²) in [5.41, 5.74) is 3.07. The molecule has 0 bridgehead atoms. The first-order valence-electron chi connectivity index (χ1n) is 7.54. The average molecular weight is 337 g/mol. The normalized spacial score (nSPS) is 12.5. The van der Waals surface area contributed by atoms with E-state index in [2.05, 4.69) is 51.0 Å². The SMILES string of the molecule is Cc1c(CCl)ncn1-c1ccc(O[Si](C)(C)C(C)(C)C)cc1. The van der Waals surface area contributed by atoms with Crippen LogP contribution in [0.4, 0.5) is 0 Å². The molecule has 5 heteroatoms. The predicted molar refractivity (Wildman–Crippen MR) is 95.7 cm³/mol. The van der Waals surface area contributed by atoms with Crippen LogP contribution in [0.25, 0.3) is 5.69 Å². The largest absolute Gasteiger partial charge is 0.544 e. The van der Waals surface area contributed by atoms with E-state index in [1.165, 1.54) is 0 Å². The van der Waals surface area contributed by atoms with E-state index in [1.54, 1.807) is 0 Å². The van der Waals surface area contributed by atoms with Gasteiger partial charge >= 0.3 is 0 Å². The van der Waals surface area contributed by atoms with Crippen molar-refractivity contribution >= 4 is 19.9 Å². The third kappa shape index (κ3) is 3.38. The summed E-state index contributed by atoms with van der Waals surface area (Å²) in [4.78, 5) is 4.33. The van der Waals surface area contributed by atoms with E-state index in [0.717, 1.165) is 22.8 Å². The minimum Gasteiger partial charge on any atom is -0.544 e. The molecule has 2 aromatic rings. The fourth-order valence-electron chi connectivity index (χ4n) is 1.96. The number of aromatic nitrogens is 2. The molecule has 0 unspecified atom stereocenters. The van der Waals surface area contributed by atoms with Gasteiger partial charge in [0.15, 0.2) is 0 Å². The van der Waals surface area contributed by atoms with Crippen molar-refractivity contribution in [3.8, 4) is 11.4 Å². The van der Waals surface area contributed by atoms with Crippen molar-refractivity contribution in [1.29, 1.82) is 0 Å². The Balaban J connectivity index is 2.22. The molecule has 120 valence electrons. The topological polar surface area (TPSA) is 27.1 Å². The second kappa shape index (κ2) is 6.09. The summed E-state index contributed by atoms with van der Waals surface area (Å²) in [6.45, 7) is 13.3. The first-order valence-corrected chi connectivity index (χ1v) is 11.0. The molecule has 0 atom stereocenters. The Morgan fingerprint density at radius 1 is 1.18 bits per heavy atom. The molecule has 1 heterocycles. The third-order valence-corrected chi connectivity index (χ3v) is 9.14. The quantitative estimate of drug-likeness (QED) is 0.559. The fraction of sp³-hybridized carbons (Fsp3) is 0.471. The van der Waals surface area contributed by atoms with Crippen LogP contribution in [0.2, 0.25) is 18.1 Å². The van der Waals surface area contributed by atoms with Crippen LogP contribution < -0.4 is 4.43 Å². The molecule has 3 nitrogen and oxygen atoms in total. The van der Waals surface area contributed by atoms with Crippen molar-refractivity contribution in [2.45, 2.75) is 51.7 Å². The van der Waals surface area contributed by atoms with Crippen molar-refractivity contribution < 1.29 is 4.43 Å². The standard InChI is InChI=1S/C17H25ClN2OSi/c1-13-16(11-18)19-12-20(13)14-7-9-15(10-8-14)21-22(5,6)17(2,3)4/h7-10,12H,11H2,1-6H3. The summed E-state index contributed by atoms with van der Waals surface area (Å²) in [6, 6.07) is 8.20. The zero-order valence-corrected chi connectivity index (χ0v) is 16.0. The summed E-state index contributed by atoms with van der Waals surface area (Å²) < 4.78 is 8.36. The van der Waals surface area contributed by atoms with E-state index in [1.807, 2.05) is 30.0 Å². The smallest absolute Gasteiger partial charge is 0.250 e. The molecule has 0 aliphatic carbocycles. The lowest BCUT2D eigenvalue weighted by Crippen LogP contribution is -2.43. The van der Waals surface area contributed by atoms with E-state index in [4.69, 9.17) is 16.0 Å². The molecule has 1 aromatic heterocycles. The Kier molecular flexibility index (Phi) is 4.73. The summed E-state index contributed by atoms with van der Waals surface area (Å²) in [5, 5.41) is 0.196. The highest BCUT2D eigenvalue weighted by Crippen LogP contribution is 2.37. The molecule has 2 rings (SSSR count). The molecule has 0 fully saturated rings. The molecule has 0 spiro atoms. The summed E-state index contributed by atoms with van der Waals surface area (Å²) in [5.74, 6) is 1.37. The number of rotatable bonds is 4. The van der Waals surface area contributed by atoms with Crippen LogP contribution in [-0.2, 0) is 5.88 Å². The molecule has 0 saturated carbocycles. The van der Waals surface area contributed by atoms with Crippen LogP contribution in [-0.4, -0.2) is 17.9 Å². The van der Waals surface area contributed by atoms with Crippen LogP contribution >= 0.6 is 11.6 Å². The second-order valence-corrected chi connectivity index (χ2v) is 12.1. The number of alkyl halides is 1. The maximum Gasteiger partial charge on any atom is 0.250 e. The molecule has 1 aromatic carbocycles. The van der Waals surface area contributed by atoms with E-state index in [0.29, 0.717) is 5.88 Å². The number of hydrogen-bond donors (Lipinski definition) is 0. The first-order chi connectivity index (χ1) is 10.2. The Hall–Kier alpha value is -1.26. The van der Waals surface area contributed by atoms with Crippen molar-refractivity contribution in [3.05, 3.63) is 42.0 Å². The van der Waals surface area contributed by atoms with Gasteiger partial charge in [-0.05, 0) is 49.3 Å². The van der Waals surface area contributed by atoms with Crippen LogP contribution in [0.3, 0.4) is 0 Å². The van der Waals surface area contributed by atoms with E-state index in [-0.39, 0.29) is 5.04 Å². The van der Waals surface area contributed by atoms with Crippen molar-refractivity contribution in [2.75, 3.05) is 0 Å². The van der Waals surface area contributed by atoms with Gasteiger partial charge in [-0.2, -0.15) is 0 Å². The summed E-state index contributed by atoms with van der Waals surface area (Å²) >= 11 is 5.88. The Bertz CT molecular complexity index is 642. The maximum absolute atomic E-state index is 6.31. The fourth-order valence-corrected chi connectivity index (χ4v) is 3.25. The van der Waals surface area contributed by atoms with Crippen LogP contribution in [0.15, 0.2) is 30.6 Å². The molecule has 0 aliphatic rings. The van der Waals surface area contributed by atoms with Crippen LogP contribution in [0.5, 0.6) is 5.75 Å². The van der Waals surface area contributed by atoms with Crippen LogP contribution in [0, 0.1) is 6.92 Å². The average Bonchev–Trinajstić information content (AvgIpc) is 2.79. The highest BCUT2D eigenvalue weighted by Gasteiger charge is 2.38. The summed E-state index contributed by atoms with van der Waals surface area (Å²) in [6.07, 6.45) is 1.82. The molecular formula is C17H25ClN2OSi. The van der Waals surface area contributed by atoms with Gasteiger partial charge in [-0.3, -0.25) is 0 Å². The summed E-state index contributed by atoms with van der Waals surface area (Å²) in [7, 11) is -1.79. The van der Waals surface area contributed by atoms with Gasteiger partial charge in [0.2, 0.25) is 8.32 Å². The van der Waals surface area contributed by atoms with Gasteiger partial charge in [-0.15, -0.1) is 11.6 Å². The van der Waals surface area contributed by atoms with Crippen molar-refractivity contribution in [2.24, 2.45) is 0 Å². The van der Waals surface area contributed by atoms with Gasteiger partial charge in [0.05, 0.1) is 17.9 Å². The van der Waals surface area contributed by atoms with Gasteiger partial charge in [0.1, 0.15) is 5.75 Å². The number of benzene rings is 1. The van der Waals surface area contributed by atoms with Gasteiger partial charge in [0, 0.05) is 11.4 Å². The lowest BCUT2D eigenvalue weighted by atomic mass is 10.2. The number of nitrogens with zero attached hydrogens (tertiary/aromatic N) is 2. The second-order valence-electron chi connectivity index (χ2n) is 7.14. The Morgan fingerprint density at radius 3 is 2.23 bits per heavy atom. The van der Waals surface area contributed by atoms with Gasteiger partial charge < -0.3 is 8.99 Å². The predicted octanol–water partition coefficient (Wildman–Crippen LogP) is 5.30. The Morgan fingerprint density at radius 2 is 1.77 bits per heavy atom. The zero-order chi connectivity index (χ0) is 16.5. The molecule has 0 saturated heterocycles. The van der Waals surface area contributed by atoms with Gasteiger partial charge in [-0.25, -0.2) is 4.98 Å². The van der Waals surface area contributed by atoms with Crippen molar-refractivity contribution in [3.63, 3.8) is 0 Å². The third-order valence-electron chi connectivity index (χ3n) is 4.53. The zero-order valence-electron chi connectivity index (χ0n) is 14.3. The highest BCUT2D eigenvalue weighted by atomic mass is 35.5. The van der Waals surface area contributed by atoms with Gasteiger partial charge in [0.25, 0.3) is 0 Å². The highest BCUT2D eigenvalue weighted by molar-refractivity contribution is 6.74. The number of halogens is 1. The maximum atomic E-state index is 6.31. The lowest BCUT2D eigenvalue weighted by Gasteiger charge is -2.36. The molecule has 0 aliphatic heterocycles. The molecular weight excluding hydrogens is 312 g/mol. The minimum absolute atomic E-state index is 0.196. The van der Waals surface area contributed by atoms with E-state index >= 15 is 0 Å². The molecule has 22 heavy (non-hydrogen) atoms. The van der Waals surface area contributed by atoms with Crippen molar-refractivity contribution in [1.82, 2.24) is 9.55 Å². The van der Waals surface area contributed by atoms with E-state index in [9.17, 15) is 0 Å². The van der Waals surface area contributed by atoms with E-state index < -0.39 is 8.32 Å². The lowest BCUT2D eigenvalue weighted by molar-refractivity contribution is 0.492.